The summed E-state index contributed by atoms with van der Waals surface area (Å²) in [5, 5.41) is 9.60. The topological polar surface area (TPSA) is 29.9 Å². The molecule has 3 nitrogen and oxygen atoms in total. The number of nitrogens with zero attached hydrogens (tertiary/aromatic N) is 2. The van der Waals surface area contributed by atoms with Gasteiger partial charge in [0.05, 0.1) is 11.2 Å². The monoisotopic (exact) mass is 273 g/mol. The lowest BCUT2D eigenvalue weighted by Crippen LogP contribution is -2.25. The Balaban J connectivity index is 2.11. The molecule has 2 rings (SSSR count). The van der Waals surface area contributed by atoms with Crippen molar-refractivity contribution in [3.63, 3.8) is 0 Å². The van der Waals surface area contributed by atoms with Crippen LogP contribution in [0.5, 0.6) is 0 Å². The summed E-state index contributed by atoms with van der Waals surface area (Å²) >= 11 is 0. The van der Waals surface area contributed by atoms with E-state index in [1.165, 1.54) is 35.9 Å². The number of rotatable bonds is 8. The van der Waals surface area contributed by atoms with Crippen molar-refractivity contribution in [3.05, 3.63) is 30.0 Å². The van der Waals surface area contributed by atoms with Crippen LogP contribution in [-0.4, -0.2) is 22.9 Å². The number of para-hydroxylation sites is 1. The molecule has 3 heteroatoms. The van der Waals surface area contributed by atoms with Crippen LogP contribution >= 0.6 is 0 Å². The summed E-state index contributed by atoms with van der Waals surface area (Å²) in [5.74, 6) is 0.685. The van der Waals surface area contributed by atoms with Gasteiger partial charge < -0.3 is 5.32 Å². The van der Waals surface area contributed by atoms with Gasteiger partial charge >= 0.3 is 0 Å². The molecule has 0 fully saturated rings. The number of hydrogen-bond donors (Lipinski definition) is 1. The first-order chi connectivity index (χ1) is 9.76. The maximum absolute atomic E-state index is 4.73. The molecule has 20 heavy (non-hydrogen) atoms. The fourth-order valence-corrected chi connectivity index (χ4v) is 2.88. The number of aryl methyl sites for hydroxylation is 1. The van der Waals surface area contributed by atoms with Crippen molar-refractivity contribution in [1.82, 2.24) is 15.1 Å². The van der Waals surface area contributed by atoms with Gasteiger partial charge in [-0.15, -0.1) is 0 Å². The van der Waals surface area contributed by atoms with E-state index in [1.807, 2.05) is 11.7 Å². The zero-order valence-electron chi connectivity index (χ0n) is 13.0. The highest BCUT2D eigenvalue weighted by Gasteiger charge is 2.14. The Kier molecular flexibility index (Phi) is 5.60. The van der Waals surface area contributed by atoms with E-state index < -0.39 is 0 Å². The van der Waals surface area contributed by atoms with E-state index in [0.29, 0.717) is 5.92 Å². The molecule has 2 aromatic rings. The molecule has 0 aliphatic rings. The lowest BCUT2D eigenvalue weighted by Gasteiger charge is -2.15. The van der Waals surface area contributed by atoms with Crippen molar-refractivity contribution in [2.75, 3.05) is 13.1 Å². The summed E-state index contributed by atoms with van der Waals surface area (Å²) in [4.78, 5) is 0. The van der Waals surface area contributed by atoms with Crippen LogP contribution in [0.15, 0.2) is 24.3 Å². The van der Waals surface area contributed by atoms with Crippen LogP contribution in [-0.2, 0) is 13.5 Å². The number of benzene rings is 1. The molecule has 0 bridgehead atoms. The molecule has 0 saturated heterocycles. The maximum Gasteiger partial charge on any atom is 0.0706 e. The summed E-state index contributed by atoms with van der Waals surface area (Å²) < 4.78 is 2.01. The summed E-state index contributed by atoms with van der Waals surface area (Å²) in [6.07, 6.45) is 4.78. The second kappa shape index (κ2) is 7.44. The zero-order chi connectivity index (χ0) is 14.4. The third-order valence-electron chi connectivity index (χ3n) is 3.87. The Labute approximate surface area is 122 Å². The normalized spacial score (nSPS) is 12.9. The van der Waals surface area contributed by atoms with Gasteiger partial charge in [0.15, 0.2) is 0 Å². The highest BCUT2D eigenvalue weighted by molar-refractivity contribution is 5.81. The van der Waals surface area contributed by atoms with E-state index in [4.69, 9.17) is 5.10 Å². The van der Waals surface area contributed by atoms with E-state index in [2.05, 4.69) is 43.4 Å². The number of nitrogens with one attached hydrogen (secondary N) is 1. The van der Waals surface area contributed by atoms with Gasteiger partial charge in [-0.1, -0.05) is 38.5 Å². The van der Waals surface area contributed by atoms with Crippen LogP contribution in [0.1, 0.15) is 38.8 Å². The molecule has 0 aliphatic carbocycles. The summed E-state index contributed by atoms with van der Waals surface area (Å²) in [5.41, 5.74) is 2.49. The Morgan fingerprint density at radius 3 is 2.75 bits per heavy atom. The average molecular weight is 273 g/mol. The fraction of sp³-hybridized carbons (Fsp3) is 0.588. The molecule has 0 radical (unpaired) electrons. The maximum atomic E-state index is 4.73. The van der Waals surface area contributed by atoms with Gasteiger partial charge in [0.1, 0.15) is 0 Å². The number of aromatic nitrogens is 2. The van der Waals surface area contributed by atoms with Crippen LogP contribution in [0.3, 0.4) is 0 Å². The zero-order valence-corrected chi connectivity index (χ0v) is 13.0. The quantitative estimate of drug-likeness (QED) is 0.746. The van der Waals surface area contributed by atoms with Crippen molar-refractivity contribution in [3.8, 4) is 0 Å². The molecule has 1 aromatic carbocycles. The van der Waals surface area contributed by atoms with Gasteiger partial charge in [0.25, 0.3) is 0 Å². The molecule has 1 heterocycles. The molecule has 110 valence electrons. The average Bonchev–Trinajstić information content (AvgIpc) is 2.77. The highest BCUT2D eigenvalue weighted by Crippen LogP contribution is 2.21. The van der Waals surface area contributed by atoms with E-state index >= 15 is 0 Å². The van der Waals surface area contributed by atoms with Crippen LogP contribution in [0, 0.1) is 5.92 Å². The van der Waals surface area contributed by atoms with Crippen LogP contribution in [0.4, 0.5) is 0 Å². The summed E-state index contributed by atoms with van der Waals surface area (Å²) in [6, 6.07) is 8.54. The lowest BCUT2D eigenvalue weighted by atomic mass is 9.96. The minimum Gasteiger partial charge on any atom is -0.316 e. The third kappa shape index (κ3) is 3.60. The fourth-order valence-electron chi connectivity index (χ4n) is 2.88. The third-order valence-corrected chi connectivity index (χ3v) is 3.87. The second-order valence-electron chi connectivity index (χ2n) is 5.65. The Morgan fingerprint density at radius 2 is 2.00 bits per heavy atom. The molecule has 0 spiro atoms. The predicted octanol–water partition coefficient (Wildman–Crippen LogP) is 3.53. The number of fused-ring (bicyclic) bond motifs is 1. The Morgan fingerprint density at radius 1 is 1.20 bits per heavy atom. The van der Waals surface area contributed by atoms with Crippen molar-refractivity contribution in [1.29, 1.82) is 0 Å². The van der Waals surface area contributed by atoms with Crippen LogP contribution < -0.4 is 5.32 Å². The number of hydrogen-bond acceptors (Lipinski definition) is 2. The van der Waals surface area contributed by atoms with Gasteiger partial charge in [0.2, 0.25) is 0 Å². The SMILES string of the molecule is CCCNCC(CCC)Cc1nn(C)c2ccccc12. The highest BCUT2D eigenvalue weighted by atomic mass is 15.3. The van der Waals surface area contributed by atoms with Gasteiger partial charge in [-0.25, -0.2) is 0 Å². The van der Waals surface area contributed by atoms with Crippen molar-refractivity contribution >= 4 is 10.9 Å². The minimum atomic E-state index is 0.685. The Hall–Kier alpha value is -1.35. The molecular formula is C17H27N3. The standard InChI is InChI=1S/C17H27N3/c1-4-8-14(13-18-11-5-2)12-16-15-9-6-7-10-17(15)20(3)19-16/h6-7,9-10,14,18H,4-5,8,11-13H2,1-3H3. The first kappa shape index (κ1) is 15.0. The summed E-state index contributed by atoms with van der Waals surface area (Å²) in [6.45, 7) is 6.70. The first-order valence-corrected chi connectivity index (χ1v) is 7.87. The molecule has 1 atom stereocenters. The van der Waals surface area contributed by atoms with E-state index in [9.17, 15) is 0 Å². The largest absolute Gasteiger partial charge is 0.316 e. The molecule has 0 saturated carbocycles. The molecule has 1 aromatic heterocycles. The molecular weight excluding hydrogens is 246 g/mol. The van der Waals surface area contributed by atoms with Crippen molar-refractivity contribution in [2.45, 2.75) is 39.5 Å². The molecule has 0 aliphatic heterocycles. The van der Waals surface area contributed by atoms with E-state index in [1.54, 1.807) is 0 Å². The summed E-state index contributed by atoms with van der Waals surface area (Å²) in [7, 11) is 2.04. The minimum absolute atomic E-state index is 0.685. The van der Waals surface area contributed by atoms with Crippen LogP contribution in [0.25, 0.3) is 10.9 Å². The van der Waals surface area contributed by atoms with Gasteiger partial charge in [0, 0.05) is 12.4 Å². The molecule has 1 unspecified atom stereocenters. The van der Waals surface area contributed by atoms with E-state index in [0.717, 1.165) is 19.5 Å². The molecule has 1 N–H and O–H groups in total. The predicted molar refractivity (Wildman–Crippen MR) is 86.0 cm³/mol. The first-order valence-electron chi connectivity index (χ1n) is 7.87. The van der Waals surface area contributed by atoms with Crippen molar-refractivity contribution in [2.24, 2.45) is 13.0 Å². The Bertz CT molecular complexity index is 530. The lowest BCUT2D eigenvalue weighted by molar-refractivity contribution is 0.435. The van der Waals surface area contributed by atoms with Gasteiger partial charge in [-0.05, 0) is 44.3 Å². The van der Waals surface area contributed by atoms with Gasteiger partial charge in [-0.3, -0.25) is 4.68 Å². The van der Waals surface area contributed by atoms with Crippen molar-refractivity contribution < 1.29 is 0 Å². The smallest absolute Gasteiger partial charge is 0.0706 e. The second-order valence-corrected chi connectivity index (χ2v) is 5.65. The van der Waals surface area contributed by atoms with Gasteiger partial charge in [-0.2, -0.15) is 5.10 Å². The van der Waals surface area contributed by atoms with Crippen LogP contribution in [0.2, 0.25) is 0 Å². The molecule has 0 amide bonds. The van der Waals surface area contributed by atoms with E-state index in [-0.39, 0.29) is 0 Å².